The van der Waals surface area contributed by atoms with E-state index in [0.717, 1.165) is 17.7 Å². The normalized spacial score (nSPS) is 19.3. The molecule has 27 heavy (non-hydrogen) atoms. The fraction of sp³-hybridized carbons (Fsp3) is 0.350. The van der Waals surface area contributed by atoms with Crippen molar-refractivity contribution in [2.75, 3.05) is 5.32 Å². The number of anilines is 1. The monoisotopic (exact) mass is 373 g/mol. The summed E-state index contributed by atoms with van der Waals surface area (Å²) in [7, 11) is 0. The number of aromatic nitrogens is 1. The third kappa shape index (κ3) is 5.09. The molecule has 0 unspecified atom stereocenters. The summed E-state index contributed by atoms with van der Waals surface area (Å²) in [6, 6.07) is 6.75. The van der Waals surface area contributed by atoms with Gasteiger partial charge in [0.2, 0.25) is 11.8 Å². The summed E-state index contributed by atoms with van der Waals surface area (Å²) in [6.45, 7) is 0.428. The number of benzene rings is 1. The smallest absolute Gasteiger partial charge is 0.227 e. The number of nitrogens with zero attached hydrogens (tertiary/aromatic N) is 1. The van der Waals surface area contributed by atoms with E-state index in [2.05, 4.69) is 15.6 Å². The van der Waals surface area contributed by atoms with E-state index in [1.165, 1.54) is 6.07 Å². The summed E-state index contributed by atoms with van der Waals surface area (Å²) in [6.07, 6.45) is 5.69. The zero-order valence-electron chi connectivity index (χ0n) is 14.8. The van der Waals surface area contributed by atoms with Crippen LogP contribution in [0.25, 0.3) is 0 Å². The Morgan fingerprint density at radius 1 is 1.04 bits per heavy atom. The minimum atomic E-state index is -0.799. The number of rotatable bonds is 5. The summed E-state index contributed by atoms with van der Waals surface area (Å²) in [5.41, 5.74) is 0.901. The maximum absolute atomic E-state index is 13.7. The average molecular weight is 373 g/mol. The van der Waals surface area contributed by atoms with Gasteiger partial charge >= 0.3 is 0 Å². The lowest BCUT2D eigenvalue weighted by Gasteiger charge is -2.27. The van der Waals surface area contributed by atoms with Crippen LogP contribution in [0, 0.1) is 23.5 Å². The van der Waals surface area contributed by atoms with Gasteiger partial charge in [-0.1, -0.05) is 6.07 Å². The maximum atomic E-state index is 13.7. The van der Waals surface area contributed by atoms with E-state index in [0.29, 0.717) is 32.2 Å². The Labute approximate surface area is 156 Å². The fourth-order valence-corrected chi connectivity index (χ4v) is 3.28. The molecule has 2 amide bonds. The van der Waals surface area contributed by atoms with Crippen molar-refractivity contribution in [3.05, 3.63) is 59.9 Å². The second-order valence-electron chi connectivity index (χ2n) is 6.74. The van der Waals surface area contributed by atoms with Gasteiger partial charge in [0.25, 0.3) is 0 Å². The number of halogens is 2. The van der Waals surface area contributed by atoms with E-state index in [9.17, 15) is 18.4 Å². The summed E-state index contributed by atoms with van der Waals surface area (Å²) in [5.74, 6) is -2.22. The van der Waals surface area contributed by atoms with Crippen molar-refractivity contribution in [3.63, 3.8) is 0 Å². The van der Waals surface area contributed by atoms with E-state index in [-0.39, 0.29) is 29.3 Å². The van der Waals surface area contributed by atoms with Gasteiger partial charge in [0.1, 0.15) is 11.6 Å². The lowest BCUT2D eigenvalue weighted by Crippen LogP contribution is -2.35. The molecule has 1 saturated carbocycles. The van der Waals surface area contributed by atoms with Crippen LogP contribution in [0.4, 0.5) is 14.5 Å². The van der Waals surface area contributed by atoms with Crippen LogP contribution in [0.3, 0.4) is 0 Å². The molecule has 0 radical (unpaired) electrons. The minimum absolute atomic E-state index is 0.0257. The molecule has 0 aliphatic heterocycles. The predicted molar refractivity (Wildman–Crippen MR) is 96.5 cm³/mol. The fourth-order valence-electron chi connectivity index (χ4n) is 3.28. The SMILES string of the molecule is O=C(NCc1cccnc1)C1CCC(C(=O)Nc2ccc(F)cc2F)CC1. The molecule has 1 aromatic heterocycles. The van der Waals surface area contributed by atoms with Crippen molar-refractivity contribution >= 4 is 17.5 Å². The first kappa shape index (κ1) is 18.9. The topological polar surface area (TPSA) is 71.1 Å². The van der Waals surface area contributed by atoms with Crippen LogP contribution in [0.15, 0.2) is 42.7 Å². The van der Waals surface area contributed by atoms with E-state index in [1.807, 2.05) is 12.1 Å². The van der Waals surface area contributed by atoms with Crippen LogP contribution in [0.2, 0.25) is 0 Å². The number of pyridine rings is 1. The van der Waals surface area contributed by atoms with Gasteiger partial charge in [-0.3, -0.25) is 14.6 Å². The highest BCUT2D eigenvalue weighted by atomic mass is 19.1. The molecule has 0 spiro atoms. The maximum Gasteiger partial charge on any atom is 0.227 e. The van der Waals surface area contributed by atoms with Crippen molar-refractivity contribution in [3.8, 4) is 0 Å². The molecule has 2 aromatic rings. The molecule has 0 bridgehead atoms. The molecule has 0 atom stereocenters. The van der Waals surface area contributed by atoms with Gasteiger partial charge in [-0.05, 0) is 49.4 Å². The summed E-state index contributed by atoms with van der Waals surface area (Å²) < 4.78 is 26.6. The largest absolute Gasteiger partial charge is 0.352 e. The van der Waals surface area contributed by atoms with Crippen molar-refractivity contribution in [2.45, 2.75) is 32.2 Å². The zero-order chi connectivity index (χ0) is 19.2. The van der Waals surface area contributed by atoms with Crippen molar-refractivity contribution in [2.24, 2.45) is 11.8 Å². The van der Waals surface area contributed by atoms with E-state index >= 15 is 0 Å². The van der Waals surface area contributed by atoms with Crippen LogP contribution in [0.5, 0.6) is 0 Å². The molecule has 2 N–H and O–H groups in total. The van der Waals surface area contributed by atoms with Gasteiger partial charge in [-0.25, -0.2) is 8.78 Å². The highest BCUT2D eigenvalue weighted by Crippen LogP contribution is 2.30. The molecule has 5 nitrogen and oxygen atoms in total. The standard InChI is InChI=1S/C20H21F2N3O2/c21-16-7-8-18(17(22)10-16)25-20(27)15-5-3-14(4-6-15)19(26)24-12-13-2-1-9-23-11-13/h1-2,7-11,14-15H,3-6,12H2,(H,24,26)(H,25,27). The summed E-state index contributed by atoms with van der Waals surface area (Å²) in [4.78, 5) is 28.6. The Kier molecular flexibility index (Phi) is 6.11. The summed E-state index contributed by atoms with van der Waals surface area (Å²) >= 11 is 0. The van der Waals surface area contributed by atoms with Gasteiger partial charge < -0.3 is 10.6 Å². The van der Waals surface area contributed by atoms with Gasteiger partial charge in [0.05, 0.1) is 5.69 Å². The highest BCUT2D eigenvalue weighted by Gasteiger charge is 2.30. The van der Waals surface area contributed by atoms with Crippen LogP contribution < -0.4 is 10.6 Å². The number of nitrogens with one attached hydrogen (secondary N) is 2. The Morgan fingerprint density at radius 2 is 1.74 bits per heavy atom. The lowest BCUT2D eigenvalue weighted by molar-refractivity contribution is -0.128. The van der Waals surface area contributed by atoms with Crippen LogP contribution in [0.1, 0.15) is 31.2 Å². The first-order valence-corrected chi connectivity index (χ1v) is 8.95. The number of hydrogen-bond donors (Lipinski definition) is 2. The quantitative estimate of drug-likeness (QED) is 0.844. The van der Waals surface area contributed by atoms with Crippen molar-refractivity contribution < 1.29 is 18.4 Å². The highest BCUT2D eigenvalue weighted by molar-refractivity contribution is 5.92. The van der Waals surface area contributed by atoms with E-state index in [1.54, 1.807) is 12.4 Å². The Morgan fingerprint density at radius 3 is 2.37 bits per heavy atom. The average Bonchev–Trinajstić information content (AvgIpc) is 2.69. The molecule has 1 aliphatic rings. The van der Waals surface area contributed by atoms with Gasteiger partial charge in [0, 0.05) is 36.8 Å². The third-order valence-electron chi connectivity index (χ3n) is 4.85. The van der Waals surface area contributed by atoms with Gasteiger partial charge in [0.15, 0.2) is 0 Å². The van der Waals surface area contributed by atoms with Crippen LogP contribution >= 0.6 is 0 Å². The van der Waals surface area contributed by atoms with Gasteiger partial charge in [-0.15, -0.1) is 0 Å². The first-order chi connectivity index (χ1) is 13.0. The second kappa shape index (κ2) is 8.70. The molecular formula is C20H21F2N3O2. The third-order valence-corrected chi connectivity index (χ3v) is 4.85. The number of carbonyl (C=O) groups excluding carboxylic acids is 2. The number of carbonyl (C=O) groups is 2. The minimum Gasteiger partial charge on any atom is -0.352 e. The van der Waals surface area contributed by atoms with Crippen LogP contribution in [-0.4, -0.2) is 16.8 Å². The van der Waals surface area contributed by atoms with E-state index in [4.69, 9.17) is 0 Å². The Hall–Kier alpha value is -2.83. The van der Waals surface area contributed by atoms with Crippen molar-refractivity contribution in [1.29, 1.82) is 0 Å². The first-order valence-electron chi connectivity index (χ1n) is 8.95. The molecule has 1 heterocycles. The predicted octanol–water partition coefficient (Wildman–Crippen LogP) is 3.42. The Balaban J connectivity index is 1.46. The van der Waals surface area contributed by atoms with Gasteiger partial charge in [-0.2, -0.15) is 0 Å². The molecule has 3 rings (SSSR count). The molecule has 0 saturated heterocycles. The molecule has 1 aliphatic carbocycles. The number of amides is 2. The molecule has 142 valence electrons. The van der Waals surface area contributed by atoms with Crippen LogP contribution in [-0.2, 0) is 16.1 Å². The second-order valence-corrected chi connectivity index (χ2v) is 6.74. The zero-order valence-corrected chi connectivity index (χ0v) is 14.8. The van der Waals surface area contributed by atoms with E-state index < -0.39 is 11.6 Å². The Bertz CT molecular complexity index is 806. The summed E-state index contributed by atoms with van der Waals surface area (Å²) in [5, 5.41) is 5.41. The molecular weight excluding hydrogens is 352 g/mol. The molecule has 1 aromatic carbocycles. The number of hydrogen-bond acceptors (Lipinski definition) is 3. The van der Waals surface area contributed by atoms with Crippen molar-refractivity contribution in [1.82, 2.24) is 10.3 Å². The lowest BCUT2D eigenvalue weighted by atomic mass is 9.81. The molecule has 1 fully saturated rings. The molecule has 7 heteroatoms.